The summed E-state index contributed by atoms with van der Waals surface area (Å²) in [4.78, 5) is 15.9. The molecule has 2 aliphatic rings. The van der Waals surface area contributed by atoms with Gasteiger partial charge in [-0.25, -0.2) is 9.97 Å². The van der Waals surface area contributed by atoms with Gasteiger partial charge in [0.2, 0.25) is 5.88 Å². The van der Waals surface area contributed by atoms with Crippen molar-refractivity contribution in [3.8, 4) is 11.9 Å². The average Bonchev–Trinajstić information content (AvgIpc) is 3.46. The number of nitrogens with zero attached hydrogens (tertiary/aromatic N) is 5. The highest BCUT2D eigenvalue weighted by atomic mass is 16.5. The summed E-state index contributed by atoms with van der Waals surface area (Å²) in [7, 11) is 3.09. The smallest absolute Gasteiger partial charge is 0.319 e. The Labute approximate surface area is 188 Å². The number of imidazole rings is 1. The predicted molar refractivity (Wildman–Crippen MR) is 121 cm³/mol. The van der Waals surface area contributed by atoms with E-state index in [2.05, 4.69) is 51.5 Å². The highest BCUT2D eigenvalue weighted by molar-refractivity contribution is 5.76. The third-order valence-electron chi connectivity index (χ3n) is 7.15. The summed E-state index contributed by atoms with van der Waals surface area (Å²) in [6.45, 7) is 6.92. The highest BCUT2D eigenvalue weighted by Gasteiger charge is 2.54. The molecule has 3 aromatic rings. The zero-order chi connectivity index (χ0) is 22.5. The minimum absolute atomic E-state index is 0.102. The van der Waals surface area contributed by atoms with Gasteiger partial charge < -0.3 is 19.1 Å². The lowest BCUT2D eigenvalue weighted by Gasteiger charge is -2.31. The number of ether oxygens (including phenoxy) is 2. The van der Waals surface area contributed by atoms with Crippen LogP contribution < -0.4 is 9.47 Å². The van der Waals surface area contributed by atoms with Crippen LogP contribution in [0.15, 0.2) is 30.5 Å². The quantitative estimate of drug-likeness (QED) is 0.634. The van der Waals surface area contributed by atoms with Gasteiger partial charge in [-0.3, -0.25) is 4.90 Å². The lowest BCUT2D eigenvalue weighted by Crippen LogP contribution is -2.35. The molecule has 8 heteroatoms. The molecule has 32 heavy (non-hydrogen) atoms. The zero-order valence-corrected chi connectivity index (χ0v) is 19.2. The molecule has 1 saturated heterocycles. The normalized spacial score (nSPS) is 25.6. The first-order valence-electron chi connectivity index (χ1n) is 11.3. The summed E-state index contributed by atoms with van der Waals surface area (Å²) in [6.07, 6.45) is 3.31. The Bertz CT molecular complexity index is 1130. The lowest BCUT2D eigenvalue weighted by atomic mass is 9.83. The SMILES string of the molecule is COc1ncc([C@]2(O)CC[C@H]3CN(Cc4nc5ccccc5n4C(C)C)C[C@H]32)c(OC)n1. The Balaban J connectivity index is 1.41. The van der Waals surface area contributed by atoms with Gasteiger partial charge in [-0.1, -0.05) is 12.1 Å². The molecule has 2 fully saturated rings. The van der Waals surface area contributed by atoms with Gasteiger partial charge in [0.05, 0.1) is 37.4 Å². The van der Waals surface area contributed by atoms with Crippen LogP contribution in [0.1, 0.15) is 44.1 Å². The molecule has 5 rings (SSSR count). The van der Waals surface area contributed by atoms with Crippen molar-refractivity contribution < 1.29 is 14.6 Å². The molecule has 0 amide bonds. The molecule has 170 valence electrons. The van der Waals surface area contributed by atoms with Crippen molar-refractivity contribution in [2.75, 3.05) is 27.3 Å². The second-order valence-corrected chi connectivity index (χ2v) is 9.28. The Kier molecular flexibility index (Phi) is 5.29. The second-order valence-electron chi connectivity index (χ2n) is 9.28. The van der Waals surface area contributed by atoms with E-state index in [1.165, 1.54) is 12.6 Å². The standard InChI is InChI=1S/C24H31N5O3/c1-15(2)29-20-8-6-5-7-19(20)26-21(29)14-28-12-16-9-10-24(30,18(16)13-28)17-11-25-23(32-4)27-22(17)31-3/h5-8,11,15-16,18,30H,9-10,12-14H2,1-4H3/t16-,18+,24+/m0/s1. The van der Waals surface area contributed by atoms with Crippen LogP contribution >= 0.6 is 0 Å². The molecule has 0 unspecified atom stereocenters. The van der Waals surface area contributed by atoms with Crippen LogP contribution in [-0.2, 0) is 12.1 Å². The largest absolute Gasteiger partial charge is 0.481 e. The Morgan fingerprint density at radius 3 is 2.72 bits per heavy atom. The maximum atomic E-state index is 11.8. The summed E-state index contributed by atoms with van der Waals surface area (Å²) >= 11 is 0. The van der Waals surface area contributed by atoms with Crippen LogP contribution in [0, 0.1) is 11.8 Å². The Morgan fingerprint density at radius 1 is 1.16 bits per heavy atom. The monoisotopic (exact) mass is 437 g/mol. The minimum Gasteiger partial charge on any atom is -0.481 e. The van der Waals surface area contributed by atoms with Crippen molar-refractivity contribution in [2.45, 2.75) is 44.9 Å². The van der Waals surface area contributed by atoms with Crippen LogP contribution in [-0.4, -0.2) is 56.8 Å². The minimum atomic E-state index is -1.00. The number of fused-ring (bicyclic) bond motifs is 2. The Hall–Kier alpha value is -2.71. The van der Waals surface area contributed by atoms with Crippen molar-refractivity contribution in [3.63, 3.8) is 0 Å². The zero-order valence-electron chi connectivity index (χ0n) is 19.2. The fourth-order valence-electron chi connectivity index (χ4n) is 5.73. The molecule has 3 heterocycles. The summed E-state index contributed by atoms with van der Waals surface area (Å²) in [5.41, 5.74) is 1.86. The molecule has 0 radical (unpaired) electrons. The van der Waals surface area contributed by atoms with Gasteiger partial charge in [-0.15, -0.1) is 0 Å². The van der Waals surface area contributed by atoms with Crippen LogP contribution in [0.3, 0.4) is 0 Å². The van der Waals surface area contributed by atoms with Crippen molar-refractivity contribution in [1.29, 1.82) is 0 Å². The average molecular weight is 438 g/mol. The molecule has 8 nitrogen and oxygen atoms in total. The maximum Gasteiger partial charge on any atom is 0.319 e. The van der Waals surface area contributed by atoms with E-state index in [4.69, 9.17) is 14.5 Å². The van der Waals surface area contributed by atoms with Gasteiger partial charge >= 0.3 is 6.01 Å². The molecule has 1 N–H and O–H groups in total. The van der Waals surface area contributed by atoms with E-state index < -0.39 is 5.60 Å². The van der Waals surface area contributed by atoms with E-state index in [-0.39, 0.29) is 11.9 Å². The molecule has 0 bridgehead atoms. The van der Waals surface area contributed by atoms with E-state index in [0.717, 1.165) is 37.4 Å². The number of hydrogen-bond acceptors (Lipinski definition) is 7. The Morgan fingerprint density at radius 2 is 1.97 bits per heavy atom. The van der Waals surface area contributed by atoms with Crippen molar-refractivity contribution >= 4 is 11.0 Å². The first kappa shape index (κ1) is 21.2. The number of para-hydroxylation sites is 2. The van der Waals surface area contributed by atoms with Gasteiger partial charge in [0, 0.05) is 31.2 Å². The number of likely N-dealkylation sites (tertiary alicyclic amines) is 1. The molecule has 2 aromatic heterocycles. The van der Waals surface area contributed by atoms with E-state index in [1.54, 1.807) is 13.3 Å². The van der Waals surface area contributed by atoms with Gasteiger partial charge in [-0.05, 0) is 44.7 Å². The van der Waals surface area contributed by atoms with Crippen LogP contribution in [0.5, 0.6) is 11.9 Å². The van der Waals surface area contributed by atoms with E-state index in [0.29, 0.717) is 29.8 Å². The van der Waals surface area contributed by atoms with Gasteiger partial charge in [0.1, 0.15) is 11.4 Å². The summed E-state index contributed by atoms with van der Waals surface area (Å²) < 4.78 is 13.0. The summed E-state index contributed by atoms with van der Waals surface area (Å²) in [5.74, 6) is 1.99. The van der Waals surface area contributed by atoms with Crippen LogP contribution in [0.25, 0.3) is 11.0 Å². The van der Waals surface area contributed by atoms with Gasteiger partial charge in [-0.2, -0.15) is 4.98 Å². The molecular weight excluding hydrogens is 406 g/mol. The van der Waals surface area contributed by atoms with E-state index in [1.807, 2.05) is 6.07 Å². The van der Waals surface area contributed by atoms with Crippen molar-refractivity contribution in [2.24, 2.45) is 11.8 Å². The van der Waals surface area contributed by atoms with Gasteiger partial charge in [0.25, 0.3) is 0 Å². The molecule has 1 aliphatic heterocycles. The fraction of sp³-hybridized carbons (Fsp3) is 0.542. The lowest BCUT2D eigenvalue weighted by molar-refractivity contribution is -0.00984. The molecule has 1 aliphatic carbocycles. The number of rotatable bonds is 6. The number of methoxy groups -OCH3 is 2. The van der Waals surface area contributed by atoms with Crippen LogP contribution in [0.2, 0.25) is 0 Å². The summed E-state index contributed by atoms with van der Waals surface area (Å²) in [5, 5.41) is 11.8. The molecule has 3 atom stereocenters. The second kappa shape index (κ2) is 8.01. The third kappa shape index (κ3) is 3.33. The fourth-order valence-corrected chi connectivity index (χ4v) is 5.73. The van der Waals surface area contributed by atoms with E-state index in [9.17, 15) is 5.11 Å². The number of aromatic nitrogens is 4. The van der Waals surface area contributed by atoms with Gasteiger partial charge in [0.15, 0.2) is 0 Å². The molecule has 0 spiro atoms. The molecule has 1 saturated carbocycles. The topological polar surface area (TPSA) is 85.5 Å². The third-order valence-corrected chi connectivity index (χ3v) is 7.15. The summed E-state index contributed by atoms with van der Waals surface area (Å²) in [6, 6.07) is 8.89. The number of benzene rings is 1. The molecular formula is C24H31N5O3. The first-order valence-corrected chi connectivity index (χ1v) is 11.3. The maximum absolute atomic E-state index is 11.8. The predicted octanol–water partition coefficient (Wildman–Crippen LogP) is 3.15. The van der Waals surface area contributed by atoms with Crippen molar-refractivity contribution in [3.05, 3.63) is 41.9 Å². The highest BCUT2D eigenvalue weighted by Crippen LogP contribution is 2.52. The van der Waals surface area contributed by atoms with E-state index >= 15 is 0 Å². The van der Waals surface area contributed by atoms with Crippen LogP contribution in [0.4, 0.5) is 0 Å². The number of hydrogen-bond donors (Lipinski definition) is 1. The van der Waals surface area contributed by atoms with Crippen molar-refractivity contribution in [1.82, 2.24) is 24.4 Å². The first-order chi connectivity index (χ1) is 15.4. The number of aliphatic hydroxyl groups is 1. The molecule has 1 aromatic carbocycles.